The van der Waals surface area contributed by atoms with Crippen molar-refractivity contribution in [3.05, 3.63) is 59.8 Å². The van der Waals surface area contributed by atoms with Gasteiger partial charge in [0.2, 0.25) is 0 Å². The van der Waals surface area contributed by atoms with Crippen molar-refractivity contribution in [2.45, 2.75) is 13.3 Å². The van der Waals surface area contributed by atoms with E-state index in [0.717, 1.165) is 37.4 Å². The molecule has 106 valence electrons. The van der Waals surface area contributed by atoms with E-state index in [2.05, 4.69) is 4.90 Å². The second kappa shape index (κ2) is 7.65. The second-order valence-electron chi connectivity index (χ2n) is 4.90. The van der Waals surface area contributed by atoms with Crippen LogP contribution in [-0.2, 0) is 16.0 Å². The summed E-state index contributed by atoms with van der Waals surface area (Å²) in [6, 6.07) is 10.1. The van der Waals surface area contributed by atoms with Gasteiger partial charge in [0.15, 0.2) is 5.78 Å². The first-order valence-corrected chi connectivity index (χ1v) is 7.00. The predicted octanol–water partition coefficient (Wildman–Crippen LogP) is 2.59. The number of ketones is 1. The minimum absolute atomic E-state index is 0.125. The van der Waals surface area contributed by atoms with Gasteiger partial charge in [0.25, 0.3) is 0 Å². The molecule has 1 saturated heterocycles. The maximum Gasteiger partial charge on any atom is 0.156 e. The summed E-state index contributed by atoms with van der Waals surface area (Å²) in [5.41, 5.74) is 1.99. The molecule has 0 bridgehead atoms. The number of ether oxygens (including phenoxy) is 1. The number of hydrogen-bond acceptors (Lipinski definition) is 3. The third-order valence-corrected chi connectivity index (χ3v) is 3.33. The van der Waals surface area contributed by atoms with Crippen LogP contribution in [0.25, 0.3) is 0 Å². The van der Waals surface area contributed by atoms with Crippen LogP contribution in [0, 0.1) is 0 Å². The van der Waals surface area contributed by atoms with Crippen molar-refractivity contribution < 1.29 is 9.53 Å². The van der Waals surface area contributed by atoms with Gasteiger partial charge in [0, 0.05) is 19.5 Å². The molecule has 1 heterocycles. The van der Waals surface area contributed by atoms with Gasteiger partial charge in [-0.25, -0.2) is 0 Å². The average Bonchev–Trinajstić information content (AvgIpc) is 2.48. The van der Waals surface area contributed by atoms with Crippen LogP contribution in [0.1, 0.15) is 12.5 Å². The number of morpholine rings is 1. The second-order valence-corrected chi connectivity index (χ2v) is 4.90. The van der Waals surface area contributed by atoms with Crippen LogP contribution in [0.3, 0.4) is 0 Å². The number of nitrogens with zero attached hydrogens (tertiary/aromatic N) is 1. The van der Waals surface area contributed by atoms with Gasteiger partial charge >= 0.3 is 0 Å². The van der Waals surface area contributed by atoms with E-state index in [1.54, 1.807) is 6.92 Å². The molecule has 1 aliphatic rings. The average molecular weight is 271 g/mol. The number of benzene rings is 1. The maximum absolute atomic E-state index is 11.7. The molecule has 0 saturated carbocycles. The maximum atomic E-state index is 11.7. The van der Waals surface area contributed by atoms with E-state index in [1.165, 1.54) is 0 Å². The van der Waals surface area contributed by atoms with Crippen molar-refractivity contribution >= 4 is 5.78 Å². The molecule has 3 heteroatoms. The van der Waals surface area contributed by atoms with Crippen molar-refractivity contribution in [1.29, 1.82) is 0 Å². The lowest BCUT2D eigenvalue weighted by atomic mass is 10.0. The van der Waals surface area contributed by atoms with Crippen LogP contribution in [0.15, 0.2) is 54.3 Å². The minimum atomic E-state index is 0.125. The summed E-state index contributed by atoms with van der Waals surface area (Å²) < 4.78 is 5.30. The molecule has 2 rings (SSSR count). The van der Waals surface area contributed by atoms with Gasteiger partial charge in [-0.1, -0.05) is 36.4 Å². The number of carbonyl (C=O) groups excluding carboxylic acids is 1. The third-order valence-electron chi connectivity index (χ3n) is 3.33. The molecule has 1 aromatic rings. The van der Waals surface area contributed by atoms with Gasteiger partial charge in [0.1, 0.15) is 0 Å². The van der Waals surface area contributed by atoms with E-state index in [9.17, 15) is 4.79 Å². The zero-order valence-electron chi connectivity index (χ0n) is 11.9. The molecule has 0 radical (unpaired) electrons. The Morgan fingerprint density at radius 3 is 2.60 bits per heavy atom. The molecular weight excluding hydrogens is 250 g/mol. The first-order valence-electron chi connectivity index (χ1n) is 7.00. The summed E-state index contributed by atoms with van der Waals surface area (Å²) in [5, 5.41) is 0. The highest BCUT2D eigenvalue weighted by Crippen LogP contribution is 2.09. The minimum Gasteiger partial charge on any atom is -0.378 e. The van der Waals surface area contributed by atoms with Crippen LogP contribution in [0.2, 0.25) is 0 Å². The van der Waals surface area contributed by atoms with Crippen LogP contribution in [-0.4, -0.2) is 37.0 Å². The zero-order chi connectivity index (χ0) is 14.2. The molecule has 0 unspecified atom stereocenters. The third kappa shape index (κ3) is 4.67. The molecule has 1 aliphatic heterocycles. The molecule has 0 N–H and O–H groups in total. The van der Waals surface area contributed by atoms with E-state index in [1.807, 2.05) is 48.7 Å². The first-order chi connectivity index (χ1) is 9.75. The fourth-order valence-corrected chi connectivity index (χ4v) is 2.12. The SMILES string of the molecule is CC(=O)/C(=C\C=C\N1CCOCC1)Cc1ccccc1. The fraction of sp³-hybridized carbons (Fsp3) is 0.353. The largest absolute Gasteiger partial charge is 0.378 e. The van der Waals surface area contributed by atoms with Crippen molar-refractivity contribution in [3.63, 3.8) is 0 Å². The summed E-state index contributed by atoms with van der Waals surface area (Å²) in [7, 11) is 0. The quantitative estimate of drug-likeness (QED) is 0.609. The van der Waals surface area contributed by atoms with Gasteiger partial charge in [-0.2, -0.15) is 0 Å². The van der Waals surface area contributed by atoms with Crippen LogP contribution >= 0.6 is 0 Å². The summed E-state index contributed by atoms with van der Waals surface area (Å²) in [6.45, 7) is 5.00. The standard InChI is InChI=1S/C17H21NO2/c1-15(19)17(14-16-6-3-2-4-7-16)8-5-9-18-10-12-20-13-11-18/h2-9H,10-14H2,1H3/b9-5+,17-8-. The Hall–Kier alpha value is -1.87. The molecule has 0 amide bonds. The number of hydrogen-bond donors (Lipinski definition) is 0. The highest BCUT2D eigenvalue weighted by Gasteiger charge is 2.06. The molecular formula is C17H21NO2. The monoisotopic (exact) mass is 271 g/mol. The molecule has 1 aromatic carbocycles. The lowest BCUT2D eigenvalue weighted by Gasteiger charge is -2.24. The highest BCUT2D eigenvalue weighted by molar-refractivity contribution is 5.93. The topological polar surface area (TPSA) is 29.5 Å². The zero-order valence-corrected chi connectivity index (χ0v) is 11.9. The molecule has 3 nitrogen and oxygen atoms in total. The lowest BCUT2D eigenvalue weighted by molar-refractivity contribution is -0.113. The molecule has 0 spiro atoms. The van der Waals surface area contributed by atoms with E-state index < -0.39 is 0 Å². The fourth-order valence-electron chi connectivity index (χ4n) is 2.12. The van der Waals surface area contributed by atoms with Crippen LogP contribution < -0.4 is 0 Å². The normalized spacial score (nSPS) is 16.6. The Bertz CT molecular complexity index is 485. The summed E-state index contributed by atoms with van der Waals surface area (Å²) in [5.74, 6) is 0.125. The summed E-state index contributed by atoms with van der Waals surface area (Å²) in [6.07, 6.45) is 6.61. The summed E-state index contributed by atoms with van der Waals surface area (Å²) >= 11 is 0. The van der Waals surface area contributed by atoms with E-state index >= 15 is 0 Å². The van der Waals surface area contributed by atoms with E-state index in [0.29, 0.717) is 6.42 Å². The van der Waals surface area contributed by atoms with Crippen LogP contribution in [0.4, 0.5) is 0 Å². The number of carbonyl (C=O) groups is 1. The van der Waals surface area contributed by atoms with E-state index in [-0.39, 0.29) is 5.78 Å². The summed E-state index contributed by atoms with van der Waals surface area (Å²) in [4.78, 5) is 13.9. The van der Waals surface area contributed by atoms with Crippen molar-refractivity contribution in [1.82, 2.24) is 4.90 Å². The first kappa shape index (κ1) is 14.5. The molecule has 0 atom stereocenters. The molecule has 1 fully saturated rings. The van der Waals surface area contributed by atoms with Gasteiger partial charge in [0.05, 0.1) is 13.2 Å². The molecule has 20 heavy (non-hydrogen) atoms. The van der Waals surface area contributed by atoms with E-state index in [4.69, 9.17) is 4.74 Å². The Morgan fingerprint density at radius 1 is 1.25 bits per heavy atom. The van der Waals surface area contributed by atoms with Crippen molar-refractivity contribution in [2.24, 2.45) is 0 Å². The lowest BCUT2D eigenvalue weighted by Crippen LogP contribution is -2.31. The Labute approximate surface area is 120 Å². The van der Waals surface area contributed by atoms with Gasteiger partial charge in [-0.3, -0.25) is 4.79 Å². The Morgan fingerprint density at radius 2 is 1.95 bits per heavy atom. The number of allylic oxidation sites excluding steroid dienone is 3. The number of rotatable bonds is 5. The smallest absolute Gasteiger partial charge is 0.156 e. The number of Topliss-reactive ketones (excluding diaryl/α,β-unsaturated/α-hetero) is 1. The van der Waals surface area contributed by atoms with Gasteiger partial charge in [-0.05, 0) is 30.3 Å². The molecule has 0 aromatic heterocycles. The highest BCUT2D eigenvalue weighted by atomic mass is 16.5. The molecule has 0 aliphatic carbocycles. The van der Waals surface area contributed by atoms with Crippen molar-refractivity contribution in [3.8, 4) is 0 Å². The van der Waals surface area contributed by atoms with Gasteiger partial charge in [-0.15, -0.1) is 0 Å². The van der Waals surface area contributed by atoms with Crippen molar-refractivity contribution in [2.75, 3.05) is 26.3 Å². The van der Waals surface area contributed by atoms with Crippen LogP contribution in [0.5, 0.6) is 0 Å². The Kier molecular flexibility index (Phi) is 5.56. The predicted molar refractivity (Wildman–Crippen MR) is 80.4 cm³/mol. The van der Waals surface area contributed by atoms with Gasteiger partial charge < -0.3 is 9.64 Å². The Balaban J connectivity index is 1.98.